The van der Waals surface area contributed by atoms with Gasteiger partial charge in [-0.25, -0.2) is 9.78 Å². The first-order chi connectivity index (χ1) is 15.0. The second-order valence-corrected chi connectivity index (χ2v) is 8.05. The van der Waals surface area contributed by atoms with Crippen molar-refractivity contribution in [1.82, 2.24) is 4.98 Å². The van der Waals surface area contributed by atoms with Gasteiger partial charge in [-0.3, -0.25) is 9.59 Å². The Balaban J connectivity index is 1.44. The molecule has 0 spiro atoms. The summed E-state index contributed by atoms with van der Waals surface area (Å²) in [5.41, 5.74) is 1.84. The molecule has 4 rings (SSSR count). The molecule has 1 aromatic heterocycles. The average molecular weight is 439 g/mol. The Labute approximate surface area is 182 Å². The SMILES string of the molecule is CCOC(=O)c1ccc2nc(NC(=O)C3CC(=O)N(c4ccc(OC)cc4)C3)sc2c1. The summed E-state index contributed by atoms with van der Waals surface area (Å²) < 4.78 is 10.9. The molecule has 1 atom stereocenters. The maximum absolute atomic E-state index is 12.8. The van der Waals surface area contributed by atoms with Crippen molar-refractivity contribution >= 4 is 50.2 Å². The van der Waals surface area contributed by atoms with Gasteiger partial charge in [0.15, 0.2) is 5.13 Å². The van der Waals surface area contributed by atoms with E-state index in [0.717, 1.165) is 10.4 Å². The summed E-state index contributed by atoms with van der Waals surface area (Å²) in [5, 5.41) is 3.24. The predicted octanol–water partition coefficient (Wildman–Crippen LogP) is 3.47. The Bertz CT molecular complexity index is 1140. The fraction of sp³-hybridized carbons (Fsp3) is 0.273. The molecular formula is C22H21N3O5S. The first kappa shape index (κ1) is 20.8. The number of hydrogen-bond donors (Lipinski definition) is 1. The Morgan fingerprint density at radius 3 is 2.71 bits per heavy atom. The third-order valence-corrected chi connectivity index (χ3v) is 5.94. The molecule has 1 fully saturated rings. The minimum absolute atomic E-state index is 0.103. The van der Waals surface area contributed by atoms with Gasteiger partial charge < -0.3 is 19.7 Å². The molecule has 1 aliphatic rings. The van der Waals surface area contributed by atoms with Crippen LogP contribution in [0.5, 0.6) is 5.75 Å². The average Bonchev–Trinajstić information content (AvgIpc) is 3.36. The van der Waals surface area contributed by atoms with E-state index in [2.05, 4.69) is 10.3 Å². The first-order valence-electron chi connectivity index (χ1n) is 9.81. The first-order valence-corrected chi connectivity index (χ1v) is 10.6. The number of thiazole rings is 1. The third-order valence-electron chi connectivity index (χ3n) is 5.01. The van der Waals surface area contributed by atoms with E-state index >= 15 is 0 Å². The van der Waals surface area contributed by atoms with E-state index in [1.807, 2.05) is 0 Å². The molecule has 1 unspecified atom stereocenters. The number of ether oxygens (including phenoxy) is 2. The molecule has 8 nitrogen and oxygen atoms in total. The molecule has 9 heteroatoms. The highest BCUT2D eigenvalue weighted by Gasteiger charge is 2.35. The molecule has 0 radical (unpaired) electrons. The van der Waals surface area contributed by atoms with Crippen LogP contribution in [0.2, 0.25) is 0 Å². The van der Waals surface area contributed by atoms with Gasteiger partial charge in [0, 0.05) is 18.7 Å². The smallest absolute Gasteiger partial charge is 0.338 e. The Kier molecular flexibility index (Phi) is 5.85. The van der Waals surface area contributed by atoms with Crippen molar-refractivity contribution in [2.45, 2.75) is 13.3 Å². The van der Waals surface area contributed by atoms with E-state index in [1.165, 1.54) is 11.3 Å². The summed E-state index contributed by atoms with van der Waals surface area (Å²) >= 11 is 1.27. The molecule has 31 heavy (non-hydrogen) atoms. The third kappa shape index (κ3) is 4.36. The lowest BCUT2D eigenvalue weighted by molar-refractivity contribution is -0.122. The lowest BCUT2D eigenvalue weighted by atomic mass is 10.1. The molecule has 160 valence electrons. The molecule has 0 aliphatic carbocycles. The van der Waals surface area contributed by atoms with Crippen LogP contribution < -0.4 is 15.0 Å². The molecule has 0 bridgehead atoms. The zero-order chi connectivity index (χ0) is 22.0. The van der Waals surface area contributed by atoms with Gasteiger partial charge in [0.1, 0.15) is 5.75 Å². The van der Waals surface area contributed by atoms with Crippen LogP contribution in [0.25, 0.3) is 10.2 Å². The summed E-state index contributed by atoms with van der Waals surface area (Å²) in [6, 6.07) is 12.2. The van der Waals surface area contributed by atoms with E-state index in [-0.39, 0.29) is 18.2 Å². The maximum Gasteiger partial charge on any atom is 0.338 e. The summed E-state index contributed by atoms with van der Waals surface area (Å²) in [4.78, 5) is 43.1. The lowest BCUT2D eigenvalue weighted by Crippen LogP contribution is -2.28. The Hall–Kier alpha value is -3.46. The Morgan fingerprint density at radius 2 is 2.00 bits per heavy atom. The summed E-state index contributed by atoms with van der Waals surface area (Å²) in [5.74, 6) is -0.530. The monoisotopic (exact) mass is 439 g/mol. The zero-order valence-electron chi connectivity index (χ0n) is 17.1. The van der Waals surface area contributed by atoms with Gasteiger partial charge in [-0.1, -0.05) is 11.3 Å². The van der Waals surface area contributed by atoms with E-state index in [0.29, 0.717) is 35.1 Å². The molecule has 1 N–H and O–H groups in total. The minimum Gasteiger partial charge on any atom is -0.497 e. The van der Waals surface area contributed by atoms with Crippen LogP contribution in [-0.2, 0) is 14.3 Å². The highest BCUT2D eigenvalue weighted by molar-refractivity contribution is 7.22. The topological polar surface area (TPSA) is 97.8 Å². The van der Waals surface area contributed by atoms with E-state index in [9.17, 15) is 14.4 Å². The van der Waals surface area contributed by atoms with Crippen LogP contribution in [0.3, 0.4) is 0 Å². The predicted molar refractivity (Wildman–Crippen MR) is 118 cm³/mol. The molecule has 0 saturated carbocycles. The van der Waals surface area contributed by atoms with E-state index < -0.39 is 11.9 Å². The van der Waals surface area contributed by atoms with Gasteiger partial charge in [-0.15, -0.1) is 0 Å². The van der Waals surface area contributed by atoms with Gasteiger partial charge in [0.25, 0.3) is 0 Å². The van der Waals surface area contributed by atoms with Crippen molar-refractivity contribution in [2.75, 3.05) is 30.5 Å². The zero-order valence-corrected chi connectivity index (χ0v) is 17.9. The van der Waals surface area contributed by atoms with Crippen molar-refractivity contribution in [3.63, 3.8) is 0 Å². The van der Waals surface area contributed by atoms with Crippen LogP contribution in [0.15, 0.2) is 42.5 Å². The van der Waals surface area contributed by atoms with Gasteiger partial charge in [0.2, 0.25) is 11.8 Å². The molecule has 1 saturated heterocycles. The molecule has 2 heterocycles. The number of nitrogens with zero attached hydrogens (tertiary/aromatic N) is 2. The molecule has 1 aliphatic heterocycles. The van der Waals surface area contributed by atoms with E-state index in [4.69, 9.17) is 9.47 Å². The number of aromatic nitrogens is 1. The second kappa shape index (κ2) is 8.73. The number of methoxy groups -OCH3 is 1. The number of esters is 1. The number of anilines is 2. The highest BCUT2D eigenvalue weighted by atomic mass is 32.1. The van der Waals surface area contributed by atoms with Crippen molar-refractivity contribution in [3.8, 4) is 5.75 Å². The highest BCUT2D eigenvalue weighted by Crippen LogP contribution is 2.30. The van der Waals surface area contributed by atoms with Crippen LogP contribution in [0.1, 0.15) is 23.7 Å². The number of carbonyl (C=O) groups is 3. The molecule has 3 aromatic rings. The van der Waals surface area contributed by atoms with Crippen molar-refractivity contribution in [2.24, 2.45) is 5.92 Å². The standard InChI is InChI=1S/C22H21N3O5S/c1-3-30-21(28)13-4-9-17-18(10-13)31-22(23-17)24-20(27)14-11-19(26)25(12-14)15-5-7-16(29-2)8-6-15/h4-10,14H,3,11-12H2,1-2H3,(H,23,24,27). The quantitative estimate of drug-likeness (QED) is 0.591. The summed E-state index contributed by atoms with van der Waals surface area (Å²) in [6.45, 7) is 2.35. The van der Waals surface area contributed by atoms with Crippen LogP contribution >= 0.6 is 11.3 Å². The minimum atomic E-state index is -0.475. The lowest BCUT2D eigenvalue weighted by Gasteiger charge is -2.16. The van der Waals surface area contributed by atoms with Gasteiger partial charge in [-0.05, 0) is 49.4 Å². The van der Waals surface area contributed by atoms with E-state index in [1.54, 1.807) is 61.4 Å². The molecular weight excluding hydrogens is 418 g/mol. The number of rotatable bonds is 6. The number of amides is 2. The van der Waals surface area contributed by atoms with Crippen LogP contribution in [-0.4, -0.2) is 43.0 Å². The number of hydrogen-bond acceptors (Lipinski definition) is 7. The van der Waals surface area contributed by atoms with Crippen molar-refractivity contribution < 1.29 is 23.9 Å². The van der Waals surface area contributed by atoms with Gasteiger partial charge >= 0.3 is 5.97 Å². The fourth-order valence-corrected chi connectivity index (χ4v) is 4.33. The Morgan fingerprint density at radius 1 is 1.23 bits per heavy atom. The fourth-order valence-electron chi connectivity index (χ4n) is 3.42. The number of carbonyl (C=O) groups excluding carboxylic acids is 3. The molecule has 2 amide bonds. The summed E-state index contributed by atoms with van der Waals surface area (Å²) in [7, 11) is 1.58. The van der Waals surface area contributed by atoms with Crippen LogP contribution in [0.4, 0.5) is 10.8 Å². The normalized spacial score (nSPS) is 15.9. The van der Waals surface area contributed by atoms with Gasteiger partial charge in [-0.2, -0.15) is 0 Å². The van der Waals surface area contributed by atoms with Crippen molar-refractivity contribution in [1.29, 1.82) is 0 Å². The number of benzene rings is 2. The van der Waals surface area contributed by atoms with Crippen molar-refractivity contribution in [3.05, 3.63) is 48.0 Å². The maximum atomic E-state index is 12.8. The number of fused-ring (bicyclic) bond motifs is 1. The van der Waals surface area contributed by atoms with Gasteiger partial charge in [0.05, 0.1) is 35.4 Å². The van der Waals surface area contributed by atoms with Crippen LogP contribution in [0, 0.1) is 5.92 Å². The summed E-state index contributed by atoms with van der Waals surface area (Å²) in [6.07, 6.45) is 0.135. The largest absolute Gasteiger partial charge is 0.497 e. The number of nitrogens with one attached hydrogen (secondary N) is 1. The second-order valence-electron chi connectivity index (χ2n) is 7.01. The molecule has 2 aromatic carbocycles.